The van der Waals surface area contributed by atoms with Crippen molar-refractivity contribution in [2.75, 3.05) is 7.05 Å². The summed E-state index contributed by atoms with van der Waals surface area (Å²) in [5, 5.41) is 0. The first-order valence-corrected chi connectivity index (χ1v) is 13.9. The zero-order chi connectivity index (χ0) is 27.6. The number of nitrogens with zero attached hydrogens (tertiary/aromatic N) is 1. The van der Waals surface area contributed by atoms with Crippen LogP contribution in [0.2, 0.25) is 0 Å². The molecule has 0 unspecified atom stereocenters. The first-order chi connectivity index (χ1) is 17.7. The molecule has 0 spiro atoms. The Labute approximate surface area is 224 Å². The quantitative estimate of drug-likeness (QED) is 0.221. The Bertz CT molecular complexity index is 888. The molecule has 36 heavy (non-hydrogen) atoms. The number of aliphatic imine (C=N–C) groups is 1. The molecule has 3 rings (SSSR count). The highest BCUT2D eigenvalue weighted by Crippen LogP contribution is 2.11. The second-order valence-electron chi connectivity index (χ2n) is 7.52. The maximum absolute atomic E-state index is 4.42. The van der Waals surface area contributed by atoms with Gasteiger partial charge in [0.15, 0.2) is 0 Å². The molecule has 0 saturated heterocycles. The van der Waals surface area contributed by atoms with Crippen molar-refractivity contribution in [3.8, 4) is 0 Å². The molecule has 0 aliphatic heterocycles. The van der Waals surface area contributed by atoms with Gasteiger partial charge < -0.3 is 0 Å². The third kappa shape index (κ3) is 15.9. The average molecular weight is 488 g/mol. The van der Waals surface area contributed by atoms with Crippen LogP contribution >= 0.6 is 0 Å². The van der Waals surface area contributed by atoms with Gasteiger partial charge in [0, 0.05) is 12.8 Å². The van der Waals surface area contributed by atoms with Crippen molar-refractivity contribution in [3.63, 3.8) is 0 Å². The van der Waals surface area contributed by atoms with E-state index in [1.54, 1.807) is 0 Å². The van der Waals surface area contributed by atoms with Gasteiger partial charge in [0.05, 0.1) is 0 Å². The highest BCUT2D eigenvalue weighted by atomic mass is 14.7. The molecule has 0 N–H and O–H groups in total. The standard InChI is InChI=1S/C18H21N.C11H14.3C2H6/c1-3-15-9-11-16(12-10-15)13-14-18(19-2)17-7-5-4-6-8-17;1-3-4-5-11-8-6-10(2)7-9-11;3*1-2/h4-12H,3,13-14H2,1-2H3;3,6-9H,1,4-5H2,2H3;3*1-2H3. The molecule has 1 nitrogen and oxygen atoms in total. The molecular weight excluding hydrogens is 434 g/mol. The van der Waals surface area contributed by atoms with Crippen molar-refractivity contribution in [1.82, 2.24) is 0 Å². The van der Waals surface area contributed by atoms with E-state index in [4.69, 9.17) is 0 Å². The SMILES string of the molecule is C=CCCc1ccc(C)cc1.CC.CC.CC.CCc1ccc(CCC(=NC)c2ccccc2)cc1. The van der Waals surface area contributed by atoms with Crippen LogP contribution in [0.15, 0.2) is 96.5 Å². The number of hydrogen-bond donors (Lipinski definition) is 0. The average Bonchev–Trinajstić information content (AvgIpc) is 2.97. The summed E-state index contributed by atoms with van der Waals surface area (Å²) in [5.41, 5.74) is 7.92. The monoisotopic (exact) mass is 487 g/mol. The predicted molar refractivity (Wildman–Crippen MR) is 167 cm³/mol. The molecule has 198 valence electrons. The van der Waals surface area contributed by atoms with Crippen molar-refractivity contribution in [2.45, 2.75) is 87.5 Å². The number of aryl methyl sites for hydroxylation is 4. The lowest BCUT2D eigenvalue weighted by molar-refractivity contribution is 1.00. The topological polar surface area (TPSA) is 12.4 Å². The summed E-state index contributed by atoms with van der Waals surface area (Å²) in [5.74, 6) is 0. The Hall–Kier alpha value is -2.93. The van der Waals surface area contributed by atoms with Crippen molar-refractivity contribution in [1.29, 1.82) is 0 Å². The summed E-state index contributed by atoms with van der Waals surface area (Å²) in [6.07, 6.45) is 7.29. The summed E-state index contributed by atoms with van der Waals surface area (Å²) < 4.78 is 0. The van der Waals surface area contributed by atoms with Gasteiger partial charge in [0.1, 0.15) is 0 Å². The van der Waals surface area contributed by atoms with E-state index in [9.17, 15) is 0 Å². The smallest absolute Gasteiger partial charge is 0.0420 e. The van der Waals surface area contributed by atoms with E-state index in [0.29, 0.717) is 0 Å². The molecule has 0 radical (unpaired) electrons. The second-order valence-corrected chi connectivity index (χ2v) is 7.52. The van der Waals surface area contributed by atoms with Crippen LogP contribution in [-0.2, 0) is 19.3 Å². The Balaban J connectivity index is 0. The van der Waals surface area contributed by atoms with Crippen molar-refractivity contribution >= 4 is 5.71 Å². The normalized spacial score (nSPS) is 9.53. The molecule has 0 aliphatic rings. The van der Waals surface area contributed by atoms with E-state index >= 15 is 0 Å². The predicted octanol–water partition coefficient (Wildman–Crippen LogP) is 10.5. The van der Waals surface area contributed by atoms with Gasteiger partial charge in [-0.3, -0.25) is 4.99 Å². The van der Waals surface area contributed by atoms with Crippen LogP contribution in [0.4, 0.5) is 0 Å². The molecule has 0 heterocycles. The first kappa shape index (κ1) is 35.2. The largest absolute Gasteiger partial charge is 0.292 e. The lowest BCUT2D eigenvalue weighted by Gasteiger charge is -2.07. The van der Waals surface area contributed by atoms with Crippen LogP contribution < -0.4 is 0 Å². The summed E-state index contributed by atoms with van der Waals surface area (Å²) in [4.78, 5) is 4.42. The highest BCUT2D eigenvalue weighted by Gasteiger charge is 2.03. The van der Waals surface area contributed by atoms with Crippen LogP contribution in [0.1, 0.15) is 89.1 Å². The molecule has 1 heteroatoms. The molecule has 3 aromatic rings. The number of rotatable bonds is 8. The lowest BCUT2D eigenvalue weighted by atomic mass is 10.0. The summed E-state index contributed by atoms with van der Waals surface area (Å²) in [7, 11) is 1.88. The minimum absolute atomic E-state index is 0.992. The van der Waals surface area contributed by atoms with Crippen LogP contribution in [0.5, 0.6) is 0 Å². The first-order valence-electron chi connectivity index (χ1n) is 13.9. The number of benzene rings is 3. The Morgan fingerprint density at radius 2 is 1.17 bits per heavy atom. The lowest BCUT2D eigenvalue weighted by Crippen LogP contribution is -2.02. The number of hydrogen-bond acceptors (Lipinski definition) is 1. The summed E-state index contributed by atoms with van der Waals surface area (Å²) >= 11 is 0. The zero-order valence-electron chi connectivity index (χ0n) is 24.8. The molecule has 0 fully saturated rings. The molecule has 0 amide bonds. The van der Waals surface area contributed by atoms with E-state index in [2.05, 4.69) is 98.2 Å². The van der Waals surface area contributed by atoms with E-state index in [1.165, 1.54) is 33.5 Å². The Morgan fingerprint density at radius 1 is 0.694 bits per heavy atom. The fraction of sp³-hybridized carbons (Fsp3) is 0.400. The van der Waals surface area contributed by atoms with Gasteiger partial charge in [0.25, 0.3) is 0 Å². The van der Waals surface area contributed by atoms with Crippen molar-refractivity contribution in [3.05, 3.63) is 119 Å². The van der Waals surface area contributed by atoms with E-state index in [-0.39, 0.29) is 0 Å². The van der Waals surface area contributed by atoms with Gasteiger partial charge in [-0.15, -0.1) is 6.58 Å². The maximum atomic E-state index is 4.42. The van der Waals surface area contributed by atoms with Gasteiger partial charge in [0.2, 0.25) is 0 Å². The Kier molecular flexibility index (Phi) is 24.6. The maximum Gasteiger partial charge on any atom is 0.0420 e. The molecule has 0 saturated carbocycles. The summed E-state index contributed by atoms with van der Waals surface area (Å²) in [6, 6.07) is 28.0. The number of allylic oxidation sites excluding steroid dienone is 1. The summed E-state index contributed by atoms with van der Waals surface area (Å²) in [6.45, 7) is 20.0. The molecule has 0 atom stereocenters. The minimum atomic E-state index is 0.992. The van der Waals surface area contributed by atoms with E-state index in [1.807, 2.05) is 60.7 Å². The van der Waals surface area contributed by atoms with Gasteiger partial charge in [-0.25, -0.2) is 0 Å². The van der Waals surface area contributed by atoms with Gasteiger partial charge in [-0.2, -0.15) is 0 Å². The molecular formula is C35H53N. The molecule has 0 aliphatic carbocycles. The van der Waals surface area contributed by atoms with Crippen LogP contribution in [0.3, 0.4) is 0 Å². The van der Waals surface area contributed by atoms with Gasteiger partial charge in [-0.05, 0) is 61.3 Å². The third-order valence-corrected chi connectivity index (χ3v) is 5.22. The second kappa shape index (κ2) is 25.2. The fourth-order valence-electron chi connectivity index (χ4n) is 3.24. The zero-order valence-corrected chi connectivity index (χ0v) is 24.8. The van der Waals surface area contributed by atoms with Crippen molar-refractivity contribution in [2.24, 2.45) is 4.99 Å². The third-order valence-electron chi connectivity index (χ3n) is 5.22. The molecule has 3 aromatic carbocycles. The van der Waals surface area contributed by atoms with Gasteiger partial charge in [-0.1, -0.05) is 139 Å². The van der Waals surface area contributed by atoms with Crippen LogP contribution in [0.25, 0.3) is 0 Å². The Morgan fingerprint density at radius 3 is 1.64 bits per heavy atom. The van der Waals surface area contributed by atoms with Crippen LogP contribution in [-0.4, -0.2) is 12.8 Å². The van der Waals surface area contributed by atoms with E-state index < -0.39 is 0 Å². The van der Waals surface area contributed by atoms with Gasteiger partial charge >= 0.3 is 0 Å². The minimum Gasteiger partial charge on any atom is -0.292 e. The van der Waals surface area contributed by atoms with Crippen LogP contribution in [0, 0.1) is 6.92 Å². The van der Waals surface area contributed by atoms with Crippen molar-refractivity contribution < 1.29 is 0 Å². The molecule has 0 bridgehead atoms. The van der Waals surface area contributed by atoms with E-state index in [0.717, 1.165) is 32.1 Å². The highest BCUT2D eigenvalue weighted by molar-refractivity contribution is 6.00. The molecule has 0 aromatic heterocycles. The fourth-order valence-corrected chi connectivity index (χ4v) is 3.24.